The fourth-order valence-electron chi connectivity index (χ4n) is 3.07. The molecule has 0 bridgehead atoms. The van der Waals surface area contributed by atoms with Gasteiger partial charge in [-0.3, -0.25) is 4.79 Å². The Morgan fingerprint density at radius 3 is 2.50 bits per heavy atom. The van der Waals surface area contributed by atoms with E-state index in [1.165, 1.54) is 10.5 Å². The maximum atomic E-state index is 12.7. The van der Waals surface area contributed by atoms with E-state index < -0.39 is 10.0 Å². The highest BCUT2D eigenvalue weighted by molar-refractivity contribution is 7.89. The minimum atomic E-state index is -3.53. The van der Waals surface area contributed by atoms with Gasteiger partial charge in [0.2, 0.25) is 15.9 Å². The highest BCUT2D eigenvalue weighted by Crippen LogP contribution is 2.24. The molecule has 0 spiro atoms. The lowest BCUT2D eigenvalue weighted by Gasteiger charge is -2.30. The molecule has 1 amide bonds. The molecule has 148 valence electrons. The number of aryl methyl sites for hydroxylation is 1. The number of hydrogen-bond donors (Lipinski definition) is 1. The summed E-state index contributed by atoms with van der Waals surface area (Å²) in [6, 6.07) is 13.9. The lowest BCUT2D eigenvalue weighted by atomic mass is 9.98. The summed E-state index contributed by atoms with van der Waals surface area (Å²) >= 11 is 5.91. The van der Waals surface area contributed by atoms with Crippen LogP contribution < -0.4 is 5.43 Å². The number of piperidine rings is 1. The van der Waals surface area contributed by atoms with Crippen LogP contribution in [-0.2, 0) is 14.8 Å². The van der Waals surface area contributed by atoms with Crippen molar-refractivity contribution < 1.29 is 13.2 Å². The van der Waals surface area contributed by atoms with E-state index in [-0.39, 0.29) is 16.7 Å². The first kappa shape index (κ1) is 20.5. The molecule has 8 heteroatoms. The van der Waals surface area contributed by atoms with E-state index in [4.69, 9.17) is 11.6 Å². The Labute approximate surface area is 170 Å². The van der Waals surface area contributed by atoms with Gasteiger partial charge >= 0.3 is 0 Å². The third kappa shape index (κ3) is 4.98. The van der Waals surface area contributed by atoms with Crippen LogP contribution in [0.5, 0.6) is 0 Å². The van der Waals surface area contributed by atoms with Crippen LogP contribution in [0.4, 0.5) is 0 Å². The highest BCUT2D eigenvalue weighted by Gasteiger charge is 2.31. The molecule has 1 N–H and O–H groups in total. The Hall–Kier alpha value is -2.22. The van der Waals surface area contributed by atoms with Gasteiger partial charge in [0.1, 0.15) is 0 Å². The number of amides is 1. The van der Waals surface area contributed by atoms with E-state index >= 15 is 0 Å². The molecular formula is C20H22ClN3O3S. The van der Waals surface area contributed by atoms with Crippen molar-refractivity contribution in [2.75, 3.05) is 13.1 Å². The zero-order valence-electron chi connectivity index (χ0n) is 15.5. The monoisotopic (exact) mass is 419 g/mol. The topological polar surface area (TPSA) is 78.8 Å². The van der Waals surface area contributed by atoms with Crippen LogP contribution in [-0.4, -0.2) is 37.9 Å². The fourth-order valence-corrected chi connectivity index (χ4v) is 4.73. The van der Waals surface area contributed by atoms with Crippen LogP contribution in [0.1, 0.15) is 24.0 Å². The molecule has 0 saturated carbocycles. The molecule has 1 fully saturated rings. The Kier molecular flexibility index (Phi) is 6.49. The SMILES string of the molecule is Cc1ccc(S(=O)(=O)N2CCC(C(=O)N/N=C/c3cccc(Cl)c3)CC2)cc1. The van der Waals surface area contributed by atoms with Gasteiger partial charge < -0.3 is 0 Å². The van der Waals surface area contributed by atoms with E-state index in [9.17, 15) is 13.2 Å². The van der Waals surface area contributed by atoms with Crippen LogP contribution in [0.2, 0.25) is 5.02 Å². The van der Waals surface area contributed by atoms with Gasteiger partial charge in [-0.2, -0.15) is 9.41 Å². The minimum absolute atomic E-state index is 0.203. The molecule has 1 saturated heterocycles. The lowest BCUT2D eigenvalue weighted by molar-refractivity contribution is -0.126. The zero-order valence-corrected chi connectivity index (χ0v) is 17.1. The number of rotatable bonds is 5. The summed E-state index contributed by atoms with van der Waals surface area (Å²) in [6.07, 6.45) is 2.45. The Balaban J connectivity index is 1.54. The molecule has 0 atom stereocenters. The van der Waals surface area contributed by atoms with Crippen LogP contribution in [0.25, 0.3) is 0 Å². The number of hydrazone groups is 1. The quantitative estimate of drug-likeness (QED) is 0.597. The Bertz CT molecular complexity index is 966. The second-order valence-corrected chi connectivity index (χ2v) is 9.16. The van der Waals surface area contributed by atoms with Crippen LogP contribution in [0.15, 0.2) is 58.5 Å². The molecular weight excluding hydrogens is 398 g/mol. The average molecular weight is 420 g/mol. The normalized spacial score (nSPS) is 16.4. The predicted molar refractivity (Wildman–Crippen MR) is 110 cm³/mol. The zero-order chi connectivity index (χ0) is 20.1. The van der Waals surface area contributed by atoms with Gasteiger partial charge in [0.25, 0.3) is 0 Å². The number of halogens is 1. The van der Waals surface area contributed by atoms with Crippen molar-refractivity contribution in [3.63, 3.8) is 0 Å². The summed E-state index contributed by atoms with van der Waals surface area (Å²) in [5.74, 6) is -0.466. The van der Waals surface area contributed by atoms with Gasteiger partial charge in [-0.05, 0) is 49.6 Å². The molecule has 28 heavy (non-hydrogen) atoms. The van der Waals surface area contributed by atoms with Crippen molar-refractivity contribution in [3.8, 4) is 0 Å². The maximum Gasteiger partial charge on any atom is 0.243 e. The summed E-state index contributed by atoms with van der Waals surface area (Å²) < 4.78 is 26.9. The van der Waals surface area contributed by atoms with E-state index in [0.29, 0.717) is 31.0 Å². The number of benzene rings is 2. The molecule has 2 aromatic carbocycles. The van der Waals surface area contributed by atoms with Crippen molar-refractivity contribution >= 4 is 33.7 Å². The smallest absolute Gasteiger partial charge is 0.243 e. The third-order valence-electron chi connectivity index (χ3n) is 4.72. The average Bonchev–Trinajstić information content (AvgIpc) is 2.68. The molecule has 1 aliphatic rings. The summed E-state index contributed by atoms with van der Waals surface area (Å²) in [6.45, 7) is 2.54. The van der Waals surface area contributed by atoms with Crippen molar-refractivity contribution in [3.05, 3.63) is 64.7 Å². The van der Waals surface area contributed by atoms with E-state index in [2.05, 4.69) is 10.5 Å². The van der Waals surface area contributed by atoms with Crippen molar-refractivity contribution in [2.24, 2.45) is 11.0 Å². The molecule has 0 aliphatic carbocycles. The maximum absolute atomic E-state index is 12.7. The van der Waals surface area contributed by atoms with Gasteiger partial charge in [-0.15, -0.1) is 0 Å². The second-order valence-electron chi connectivity index (χ2n) is 6.78. The number of nitrogens with zero attached hydrogens (tertiary/aromatic N) is 2. The van der Waals surface area contributed by atoms with E-state index in [0.717, 1.165) is 11.1 Å². The minimum Gasteiger partial charge on any atom is -0.273 e. The van der Waals surface area contributed by atoms with Crippen LogP contribution in [0.3, 0.4) is 0 Å². The fraction of sp³-hybridized carbons (Fsp3) is 0.300. The summed E-state index contributed by atoms with van der Waals surface area (Å²) in [7, 11) is -3.53. The van der Waals surface area contributed by atoms with E-state index in [1.807, 2.05) is 13.0 Å². The number of carbonyl (C=O) groups is 1. The first-order valence-corrected chi connectivity index (χ1v) is 10.8. The number of nitrogens with one attached hydrogen (secondary N) is 1. The largest absolute Gasteiger partial charge is 0.273 e. The number of sulfonamides is 1. The third-order valence-corrected chi connectivity index (χ3v) is 6.87. The number of hydrogen-bond acceptors (Lipinski definition) is 4. The molecule has 1 aliphatic heterocycles. The predicted octanol–water partition coefficient (Wildman–Crippen LogP) is 3.20. The first-order valence-electron chi connectivity index (χ1n) is 9.01. The van der Waals surface area contributed by atoms with Gasteiger partial charge in [0.05, 0.1) is 11.1 Å². The standard InChI is InChI=1S/C20H22ClN3O3S/c1-15-5-7-19(8-6-15)28(26,27)24-11-9-17(10-12-24)20(25)23-22-14-16-3-2-4-18(21)13-16/h2-8,13-14,17H,9-12H2,1H3,(H,23,25)/b22-14+. The molecule has 0 aromatic heterocycles. The van der Waals surface area contributed by atoms with Crippen LogP contribution in [0, 0.1) is 12.8 Å². The van der Waals surface area contributed by atoms with Crippen molar-refractivity contribution in [1.82, 2.24) is 9.73 Å². The van der Waals surface area contributed by atoms with Gasteiger partial charge in [-0.1, -0.05) is 41.4 Å². The molecule has 0 radical (unpaired) electrons. The van der Waals surface area contributed by atoms with Gasteiger partial charge in [0, 0.05) is 24.0 Å². The number of carbonyl (C=O) groups excluding carboxylic acids is 1. The van der Waals surface area contributed by atoms with Crippen molar-refractivity contribution in [1.29, 1.82) is 0 Å². The van der Waals surface area contributed by atoms with Gasteiger partial charge in [-0.25, -0.2) is 13.8 Å². The molecule has 3 rings (SSSR count). The lowest BCUT2D eigenvalue weighted by Crippen LogP contribution is -2.42. The molecule has 0 unspecified atom stereocenters. The van der Waals surface area contributed by atoms with Crippen LogP contribution >= 0.6 is 11.6 Å². The van der Waals surface area contributed by atoms with Gasteiger partial charge in [0.15, 0.2) is 0 Å². The summed E-state index contributed by atoms with van der Waals surface area (Å²) in [4.78, 5) is 12.6. The molecule has 2 aromatic rings. The van der Waals surface area contributed by atoms with Crippen molar-refractivity contribution in [2.45, 2.75) is 24.7 Å². The summed E-state index contributed by atoms with van der Waals surface area (Å²) in [5, 5.41) is 4.56. The Morgan fingerprint density at radius 2 is 1.86 bits per heavy atom. The highest BCUT2D eigenvalue weighted by atomic mass is 35.5. The summed E-state index contributed by atoms with van der Waals surface area (Å²) in [5.41, 5.74) is 4.32. The molecule has 6 nitrogen and oxygen atoms in total. The molecule has 1 heterocycles. The second kappa shape index (κ2) is 8.86. The first-order chi connectivity index (χ1) is 13.4. The Morgan fingerprint density at radius 1 is 1.18 bits per heavy atom. The van der Waals surface area contributed by atoms with E-state index in [1.54, 1.807) is 42.5 Å².